The normalized spacial score (nSPS) is 20.3. The third-order valence-electron chi connectivity index (χ3n) is 2.24. The molecular weight excluding hydrogens is 228 g/mol. The monoisotopic (exact) mass is 249 g/mol. The molecule has 0 aliphatic carbocycles. The highest BCUT2D eigenvalue weighted by atomic mass is 19.3. The summed E-state index contributed by atoms with van der Waals surface area (Å²) in [7, 11) is 0. The first-order chi connectivity index (χ1) is 7.92. The van der Waals surface area contributed by atoms with Crippen LogP contribution in [0.1, 0.15) is 33.6 Å². The second-order valence-corrected chi connectivity index (χ2v) is 3.68. The zero-order chi connectivity index (χ0) is 13.5. The van der Waals surface area contributed by atoms with Gasteiger partial charge in [-0.1, -0.05) is 20.4 Å². The van der Waals surface area contributed by atoms with Crippen LogP contribution >= 0.6 is 0 Å². The van der Waals surface area contributed by atoms with Crippen LogP contribution in [0, 0.1) is 0 Å². The highest BCUT2D eigenvalue weighted by Gasteiger charge is 2.31. The van der Waals surface area contributed by atoms with Crippen LogP contribution in [0.25, 0.3) is 0 Å². The van der Waals surface area contributed by atoms with E-state index in [1.807, 2.05) is 13.8 Å². The van der Waals surface area contributed by atoms with Gasteiger partial charge < -0.3 is 9.64 Å². The van der Waals surface area contributed by atoms with Gasteiger partial charge in [0.15, 0.2) is 0 Å². The number of hydrogen-bond donors (Lipinski definition) is 0. The average Bonchev–Trinajstić information content (AvgIpc) is 2.29. The Kier molecular flexibility index (Phi) is 6.95. The molecule has 17 heavy (non-hydrogen) atoms. The van der Waals surface area contributed by atoms with Crippen LogP contribution in [0.3, 0.4) is 0 Å². The molecule has 3 nitrogen and oxygen atoms in total. The Bertz CT molecular complexity index is 251. The number of carbonyl (C=O) groups is 1. The van der Waals surface area contributed by atoms with Crippen LogP contribution < -0.4 is 0 Å². The van der Waals surface area contributed by atoms with Crippen molar-refractivity contribution < 1.29 is 18.3 Å². The lowest BCUT2D eigenvalue weighted by Crippen LogP contribution is -2.44. The van der Waals surface area contributed by atoms with E-state index in [1.165, 1.54) is 11.0 Å². The molecule has 1 aliphatic heterocycles. The zero-order valence-electron chi connectivity index (χ0n) is 10.7. The second kappa shape index (κ2) is 7.37. The highest BCUT2D eigenvalue weighted by molar-refractivity contribution is 5.87. The summed E-state index contributed by atoms with van der Waals surface area (Å²) in [6.07, 6.45) is -1.29. The molecule has 0 aromatic heterocycles. The maximum absolute atomic E-state index is 12.6. The molecule has 5 heteroatoms. The predicted molar refractivity (Wildman–Crippen MR) is 62.9 cm³/mol. The summed E-state index contributed by atoms with van der Waals surface area (Å²) in [5, 5.41) is 0. The summed E-state index contributed by atoms with van der Waals surface area (Å²) >= 11 is 0. The third-order valence-corrected chi connectivity index (χ3v) is 2.24. The van der Waals surface area contributed by atoms with Gasteiger partial charge in [0.05, 0.1) is 6.10 Å². The van der Waals surface area contributed by atoms with E-state index in [9.17, 15) is 13.6 Å². The molecule has 1 saturated heterocycles. The second-order valence-electron chi connectivity index (χ2n) is 3.68. The molecule has 0 bridgehead atoms. The zero-order valence-corrected chi connectivity index (χ0v) is 10.7. The largest absolute Gasteiger partial charge is 0.353 e. The van der Waals surface area contributed by atoms with Gasteiger partial charge in [0, 0.05) is 20.0 Å². The molecule has 1 fully saturated rings. The maximum Gasteiger partial charge on any atom is 0.353 e. The summed E-state index contributed by atoms with van der Waals surface area (Å²) in [6.45, 7) is 8.86. The molecule has 0 N–H and O–H groups in total. The van der Waals surface area contributed by atoms with E-state index in [4.69, 9.17) is 0 Å². The highest BCUT2D eigenvalue weighted by Crippen LogP contribution is 2.22. The van der Waals surface area contributed by atoms with Crippen LogP contribution in [-0.4, -0.2) is 36.1 Å². The number of rotatable bonds is 3. The van der Waals surface area contributed by atoms with Crippen LogP contribution in [0.15, 0.2) is 12.7 Å². The van der Waals surface area contributed by atoms with E-state index in [0.717, 1.165) is 0 Å². The molecule has 0 aromatic rings. The molecule has 1 rings (SSSR count). The van der Waals surface area contributed by atoms with Crippen LogP contribution in [0.5, 0.6) is 0 Å². The Hall–Kier alpha value is -0.970. The smallest absolute Gasteiger partial charge is 0.337 e. The Morgan fingerprint density at radius 1 is 1.53 bits per heavy atom. The van der Waals surface area contributed by atoms with E-state index < -0.39 is 12.2 Å². The number of likely N-dealkylation sites (tertiary alicyclic amines) is 1. The molecule has 1 amide bonds. The quantitative estimate of drug-likeness (QED) is 0.720. The van der Waals surface area contributed by atoms with Crippen molar-refractivity contribution in [3.05, 3.63) is 12.7 Å². The molecule has 100 valence electrons. The lowest BCUT2D eigenvalue weighted by molar-refractivity contribution is -0.255. The van der Waals surface area contributed by atoms with Crippen LogP contribution in [0.4, 0.5) is 8.78 Å². The van der Waals surface area contributed by atoms with Gasteiger partial charge in [0.25, 0.3) is 0 Å². The van der Waals surface area contributed by atoms with Crippen molar-refractivity contribution in [2.45, 2.75) is 45.8 Å². The Balaban J connectivity index is 0.00000121. The van der Waals surface area contributed by atoms with Crippen molar-refractivity contribution >= 4 is 5.91 Å². The Morgan fingerprint density at radius 3 is 2.59 bits per heavy atom. The average molecular weight is 249 g/mol. The maximum atomic E-state index is 12.6. The van der Waals surface area contributed by atoms with E-state index in [1.54, 1.807) is 0 Å². The van der Waals surface area contributed by atoms with Gasteiger partial charge in [-0.15, -0.1) is 0 Å². The standard InChI is InChI=1S/C10H15F2NO2.C2H6/c1-3-9(14)13-6-4-5-8(7-13)15-10(2,11)12;1-2/h3,8H,1,4-7H2,2H3;1-2H3. The molecule has 1 atom stereocenters. The minimum Gasteiger partial charge on any atom is -0.337 e. The number of carbonyl (C=O) groups excluding carboxylic acids is 1. The number of amides is 1. The van der Waals surface area contributed by atoms with E-state index in [2.05, 4.69) is 11.3 Å². The van der Waals surface area contributed by atoms with Gasteiger partial charge in [-0.3, -0.25) is 4.79 Å². The van der Waals surface area contributed by atoms with E-state index in [0.29, 0.717) is 26.3 Å². The Morgan fingerprint density at radius 2 is 2.12 bits per heavy atom. The SMILES string of the molecule is C=CC(=O)N1CCCC(OC(C)(F)F)C1.CC. The summed E-state index contributed by atoms with van der Waals surface area (Å²) in [4.78, 5) is 12.7. The predicted octanol–water partition coefficient (Wildman–Crippen LogP) is 2.82. The summed E-state index contributed by atoms with van der Waals surface area (Å²) in [6, 6.07) is 0. The van der Waals surface area contributed by atoms with Crippen molar-refractivity contribution in [2.24, 2.45) is 0 Å². The fourth-order valence-corrected chi connectivity index (χ4v) is 1.66. The van der Waals surface area contributed by atoms with Crippen LogP contribution in [0.2, 0.25) is 0 Å². The van der Waals surface area contributed by atoms with E-state index in [-0.39, 0.29) is 12.5 Å². The lowest BCUT2D eigenvalue weighted by Gasteiger charge is -2.33. The first-order valence-electron chi connectivity index (χ1n) is 5.89. The number of hydrogen-bond acceptors (Lipinski definition) is 2. The molecule has 1 heterocycles. The van der Waals surface area contributed by atoms with E-state index >= 15 is 0 Å². The van der Waals surface area contributed by atoms with Gasteiger partial charge >= 0.3 is 6.11 Å². The van der Waals surface area contributed by atoms with Gasteiger partial charge in [-0.25, -0.2) is 0 Å². The number of ether oxygens (including phenoxy) is 1. The third kappa shape index (κ3) is 6.36. The number of alkyl halides is 2. The topological polar surface area (TPSA) is 29.5 Å². The molecule has 0 spiro atoms. The van der Waals surface area contributed by atoms with Gasteiger partial charge in [-0.2, -0.15) is 8.78 Å². The number of piperidine rings is 1. The van der Waals surface area contributed by atoms with Crippen molar-refractivity contribution in [2.75, 3.05) is 13.1 Å². The number of halogens is 2. The van der Waals surface area contributed by atoms with Crippen molar-refractivity contribution in [3.8, 4) is 0 Å². The lowest BCUT2D eigenvalue weighted by atomic mass is 10.1. The van der Waals surface area contributed by atoms with Gasteiger partial charge in [0.1, 0.15) is 0 Å². The van der Waals surface area contributed by atoms with Gasteiger partial charge in [0.2, 0.25) is 5.91 Å². The van der Waals surface area contributed by atoms with Crippen molar-refractivity contribution in [1.29, 1.82) is 0 Å². The fourth-order valence-electron chi connectivity index (χ4n) is 1.66. The minimum atomic E-state index is -3.13. The molecular formula is C12H21F2NO2. The van der Waals surface area contributed by atoms with Gasteiger partial charge in [-0.05, 0) is 18.9 Å². The molecule has 0 radical (unpaired) electrons. The van der Waals surface area contributed by atoms with Crippen molar-refractivity contribution in [3.63, 3.8) is 0 Å². The summed E-state index contributed by atoms with van der Waals surface area (Å²) < 4.78 is 29.7. The first-order valence-corrected chi connectivity index (χ1v) is 5.89. The van der Waals surface area contributed by atoms with Crippen LogP contribution in [-0.2, 0) is 9.53 Å². The fraction of sp³-hybridized carbons (Fsp3) is 0.750. The Labute approximate surface area is 101 Å². The number of nitrogens with zero attached hydrogens (tertiary/aromatic N) is 1. The summed E-state index contributed by atoms with van der Waals surface area (Å²) in [5.41, 5.74) is 0. The minimum absolute atomic E-state index is 0.217. The van der Waals surface area contributed by atoms with Crippen molar-refractivity contribution in [1.82, 2.24) is 4.90 Å². The molecule has 0 aromatic carbocycles. The molecule has 0 saturated carbocycles. The summed E-state index contributed by atoms with van der Waals surface area (Å²) in [5.74, 6) is -0.234. The molecule has 1 unspecified atom stereocenters. The first kappa shape index (κ1) is 16.0. The molecule has 1 aliphatic rings.